The molecule has 6 nitrogen and oxygen atoms in total. The fraction of sp³-hybridized carbons (Fsp3) is 0. The SMILES string of the molecule is N#Cc1ccccc1-c1nc(-c2cccc3c2sc2ccc(-c4nc(-c5ccccc5)nc(-c5ccccc5)n4)cc23)c2sc3ccccc3c2n1. The van der Waals surface area contributed by atoms with Crippen LogP contribution in [-0.4, -0.2) is 24.9 Å². The van der Waals surface area contributed by atoms with Gasteiger partial charge in [0.2, 0.25) is 0 Å². The van der Waals surface area contributed by atoms with Gasteiger partial charge in [-0.25, -0.2) is 24.9 Å². The van der Waals surface area contributed by atoms with Crippen molar-refractivity contribution in [1.29, 1.82) is 5.26 Å². The summed E-state index contributed by atoms with van der Waals surface area (Å²) < 4.78 is 4.46. The molecule has 0 saturated carbocycles. The predicted octanol–water partition coefficient (Wildman–Crippen LogP) is 11.6. The van der Waals surface area contributed by atoms with E-state index in [0.29, 0.717) is 28.9 Å². The van der Waals surface area contributed by atoms with Crippen molar-refractivity contribution in [2.75, 3.05) is 0 Å². The number of aromatic nitrogens is 5. The van der Waals surface area contributed by atoms with Crippen LogP contribution in [0.4, 0.5) is 0 Å². The molecular weight excluding hydrogens is 677 g/mol. The summed E-state index contributed by atoms with van der Waals surface area (Å²) >= 11 is 3.45. The molecule has 0 radical (unpaired) electrons. The van der Waals surface area contributed by atoms with Crippen molar-refractivity contribution in [2.45, 2.75) is 0 Å². The second-order valence-electron chi connectivity index (χ2n) is 12.4. The Morgan fingerprint density at radius 3 is 1.77 bits per heavy atom. The Morgan fingerprint density at radius 1 is 0.423 bits per heavy atom. The van der Waals surface area contributed by atoms with Crippen molar-refractivity contribution in [2.24, 2.45) is 0 Å². The van der Waals surface area contributed by atoms with Gasteiger partial charge in [-0.1, -0.05) is 109 Å². The Labute approximate surface area is 306 Å². The molecule has 8 heteroatoms. The molecule has 10 rings (SSSR count). The molecule has 242 valence electrons. The van der Waals surface area contributed by atoms with Gasteiger partial charge in [0, 0.05) is 58.1 Å². The summed E-state index contributed by atoms with van der Waals surface area (Å²) in [5, 5.41) is 13.3. The topological polar surface area (TPSA) is 88.2 Å². The highest BCUT2D eigenvalue weighted by Gasteiger charge is 2.21. The molecule has 4 heterocycles. The number of thiophene rings is 2. The zero-order chi connectivity index (χ0) is 34.6. The largest absolute Gasteiger partial charge is 0.226 e. The standard InChI is InChI=1S/C44H24N6S2/c45-25-29-16-7-8-17-30(29)44-46-37-32-18-9-10-21-35(32)52-40(37)38(47-44)33-20-11-19-31-34-24-28(22-23-36(34)51-39(31)33)43-49-41(26-12-3-1-4-13-26)48-42(50-43)27-14-5-2-6-15-27/h1-24H. The zero-order valence-corrected chi connectivity index (χ0v) is 29.0. The van der Waals surface area contributed by atoms with Gasteiger partial charge in [0.25, 0.3) is 0 Å². The number of nitriles is 1. The molecule has 0 bridgehead atoms. The molecule has 4 aromatic heterocycles. The lowest BCUT2D eigenvalue weighted by atomic mass is 10.0. The van der Waals surface area contributed by atoms with Crippen LogP contribution in [0, 0.1) is 11.3 Å². The van der Waals surface area contributed by atoms with E-state index in [9.17, 15) is 5.26 Å². The molecular formula is C44H24N6S2. The van der Waals surface area contributed by atoms with Crippen LogP contribution < -0.4 is 0 Å². The lowest BCUT2D eigenvalue weighted by Gasteiger charge is -2.09. The normalized spacial score (nSPS) is 11.4. The van der Waals surface area contributed by atoms with E-state index in [4.69, 9.17) is 24.9 Å². The molecule has 0 spiro atoms. The Kier molecular flexibility index (Phi) is 7.13. The molecule has 0 fully saturated rings. The molecule has 10 aromatic rings. The summed E-state index contributed by atoms with van der Waals surface area (Å²) in [5.41, 5.74) is 6.85. The van der Waals surface area contributed by atoms with Gasteiger partial charge in [-0.2, -0.15) is 5.26 Å². The van der Waals surface area contributed by atoms with Crippen molar-refractivity contribution in [3.63, 3.8) is 0 Å². The summed E-state index contributed by atoms with van der Waals surface area (Å²) in [7, 11) is 0. The Bertz CT molecular complexity index is 2980. The van der Waals surface area contributed by atoms with Crippen molar-refractivity contribution >= 4 is 63.1 Å². The van der Waals surface area contributed by atoms with Gasteiger partial charge in [-0.15, -0.1) is 22.7 Å². The first-order chi connectivity index (χ1) is 25.7. The van der Waals surface area contributed by atoms with Crippen LogP contribution in [0.3, 0.4) is 0 Å². The highest BCUT2D eigenvalue weighted by atomic mass is 32.1. The number of fused-ring (bicyclic) bond motifs is 6. The smallest absolute Gasteiger partial charge is 0.164 e. The molecule has 0 atom stereocenters. The maximum atomic E-state index is 9.97. The monoisotopic (exact) mass is 700 g/mol. The summed E-state index contributed by atoms with van der Waals surface area (Å²) in [6.45, 7) is 0. The zero-order valence-electron chi connectivity index (χ0n) is 27.4. The van der Waals surface area contributed by atoms with Gasteiger partial charge in [0.15, 0.2) is 23.3 Å². The van der Waals surface area contributed by atoms with E-state index in [0.717, 1.165) is 74.0 Å². The molecule has 0 unspecified atom stereocenters. The first-order valence-corrected chi connectivity index (χ1v) is 18.4. The van der Waals surface area contributed by atoms with Gasteiger partial charge in [-0.3, -0.25) is 0 Å². The van der Waals surface area contributed by atoms with E-state index in [-0.39, 0.29) is 0 Å². The number of rotatable bonds is 5. The minimum atomic E-state index is 0.543. The second-order valence-corrected chi connectivity index (χ2v) is 14.5. The van der Waals surface area contributed by atoms with Crippen LogP contribution in [0.1, 0.15) is 5.56 Å². The third-order valence-electron chi connectivity index (χ3n) is 9.22. The van der Waals surface area contributed by atoms with Crippen molar-refractivity contribution in [3.8, 4) is 62.9 Å². The summed E-state index contributed by atoms with van der Waals surface area (Å²) in [4.78, 5) is 25.2. The molecule has 6 aromatic carbocycles. The number of nitrogens with zero attached hydrogens (tertiary/aromatic N) is 6. The van der Waals surface area contributed by atoms with Crippen LogP contribution >= 0.6 is 22.7 Å². The van der Waals surface area contributed by atoms with Crippen LogP contribution in [0.25, 0.3) is 97.3 Å². The molecule has 0 saturated heterocycles. The van der Waals surface area contributed by atoms with Gasteiger partial charge in [0.1, 0.15) is 0 Å². The lowest BCUT2D eigenvalue weighted by Crippen LogP contribution is -2.00. The summed E-state index contributed by atoms with van der Waals surface area (Å²) in [5.74, 6) is 2.43. The maximum absolute atomic E-state index is 9.97. The van der Waals surface area contributed by atoms with E-state index in [2.05, 4.69) is 60.7 Å². The van der Waals surface area contributed by atoms with E-state index in [1.807, 2.05) is 91.0 Å². The Balaban J connectivity index is 1.18. The molecule has 52 heavy (non-hydrogen) atoms. The van der Waals surface area contributed by atoms with Crippen LogP contribution in [0.5, 0.6) is 0 Å². The molecule has 0 N–H and O–H groups in total. The Hall–Kier alpha value is -6.66. The lowest BCUT2D eigenvalue weighted by molar-refractivity contribution is 1.07. The fourth-order valence-electron chi connectivity index (χ4n) is 6.73. The third kappa shape index (κ3) is 5.03. The van der Waals surface area contributed by atoms with Gasteiger partial charge >= 0.3 is 0 Å². The number of hydrogen-bond acceptors (Lipinski definition) is 8. The average Bonchev–Trinajstić information content (AvgIpc) is 3.79. The molecule has 0 aliphatic heterocycles. The van der Waals surface area contributed by atoms with Crippen LogP contribution in [-0.2, 0) is 0 Å². The first kappa shape index (κ1) is 30.2. The van der Waals surface area contributed by atoms with E-state index in [1.165, 1.54) is 0 Å². The van der Waals surface area contributed by atoms with Crippen molar-refractivity contribution in [1.82, 2.24) is 24.9 Å². The van der Waals surface area contributed by atoms with Gasteiger partial charge < -0.3 is 0 Å². The third-order valence-corrected chi connectivity index (χ3v) is 11.6. The van der Waals surface area contributed by atoms with Crippen molar-refractivity contribution < 1.29 is 0 Å². The van der Waals surface area contributed by atoms with E-state index >= 15 is 0 Å². The summed E-state index contributed by atoms with van der Waals surface area (Å²) in [6.07, 6.45) is 0. The minimum Gasteiger partial charge on any atom is -0.226 e. The molecule has 0 amide bonds. The van der Waals surface area contributed by atoms with Crippen molar-refractivity contribution in [3.05, 3.63) is 151 Å². The number of hydrogen-bond donors (Lipinski definition) is 0. The summed E-state index contributed by atoms with van der Waals surface area (Å²) in [6, 6.07) is 51.2. The highest BCUT2D eigenvalue weighted by molar-refractivity contribution is 7.27. The number of benzene rings is 6. The molecule has 0 aliphatic carbocycles. The fourth-order valence-corrected chi connectivity index (χ4v) is 9.07. The van der Waals surface area contributed by atoms with Crippen LogP contribution in [0.2, 0.25) is 0 Å². The quantitative estimate of drug-likeness (QED) is 0.178. The highest BCUT2D eigenvalue weighted by Crippen LogP contribution is 2.45. The second kappa shape index (κ2) is 12.3. The van der Waals surface area contributed by atoms with Gasteiger partial charge in [-0.05, 0) is 36.4 Å². The van der Waals surface area contributed by atoms with Crippen LogP contribution in [0.15, 0.2) is 146 Å². The van der Waals surface area contributed by atoms with Gasteiger partial charge in [0.05, 0.1) is 27.5 Å². The first-order valence-electron chi connectivity index (χ1n) is 16.7. The van der Waals surface area contributed by atoms with E-state index < -0.39 is 0 Å². The maximum Gasteiger partial charge on any atom is 0.164 e. The Morgan fingerprint density at radius 2 is 1.02 bits per heavy atom. The minimum absolute atomic E-state index is 0.543. The predicted molar refractivity (Wildman–Crippen MR) is 213 cm³/mol. The average molecular weight is 701 g/mol. The molecule has 0 aliphatic rings. The van der Waals surface area contributed by atoms with E-state index in [1.54, 1.807) is 22.7 Å².